The number of nitrogens with two attached hydrogens (primary N) is 9. The zero-order chi connectivity index (χ0) is 93.8. The first-order valence-electron chi connectivity index (χ1n) is 42.7. The van der Waals surface area contributed by atoms with E-state index in [0.29, 0.717) is 313 Å². The van der Waals surface area contributed by atoms with Crippen LogP contribution in [-0.2, 0) is 90.9 Å². The number of Topliss-reactive ketones (excluding diaryl/α,β-unsaturated/α-hetero) is 6. The number of esters is 3. The summed E-state index contributed by atoms with van der Waals surface area (Å²) in [7, 11) is 4.02. The van der Waals surface area contributed by atoms with Gasteiger partial charge in [-0.3, -0.25) is 81.6 Å². The van der Waals surface area contributed by atoms with Gasteiger partial charge < -0.3 is 137 Å². The van der Waals surface area contributed by atoms with Gasteiger partial charge in [-0.15, -0.1) is 0 Å². The predicted octanol–water partition coefficient (Wildman–Crippen LogP) is -7.31. The number of hydrogen-bond acceptors (Lipinski definition) is 36. The average molecular weight is 1760 g/mol. The number of carbonyl (C=O) groups excluding carboxylic acids is 16. The number of nitrogens with zero attached hydrogens (tertiary/aromatic N) is 8. The van der Waals surface area contributed by atoms with Crippen LogP contribution in [0.2, 0.25) is 0 Å². The Bertz CT molecular complexity index is 2710. The van der Waals surface area contributed by atoms with Gasteiger partial charge in [0.15, 0.2) is 0 Å². The Morgan fingerprint density at radius 1 is 0.285 bits per heavy atom. The lowest BCUT2D eigenvalue weighted by Crippen LogP contribution is -2.44. The zero-order valence-corrected chi connectivity index (χ0v) is 75.9. The normalized spacial score (nSPS) is 12.0. The minimum Gasteiger partial charge on any atom is -0.469 e. The van der Waals surface area contributed by atoms with Crippen LogP contribution in [0.3, 0.4) is 0 Å². The molecule has 25 N–H and O–H groups in total. The summed E-state index contributed by atoms with van der Waals surface area (Å²) >= 11 is 0. The van der Waals surface area contributed by atoms with Crippen molar-refractivity contribution in [3.63, 3.8) is 0 Å². The standard InChI is InChI=1S/C21H46N10O4.C19H36N4O5.C18H32N4O4.C18H32N2O6.2C2H8N2/c22-4-8-26-18(32)1-12-30(13-2-19(33)27-9-5-23)15-16-31(17-21(35)29-11-7-25)14-3-20(34)28-10-6-24;1-16(24)4-10-22(11-5-17(2)25)14-15-23(13-7-19(27)28-3)12-6-18(26)21-9-8-20;1-15(23)3-9-21(10-4-16(2)24)13-14-22-11-5-17(25)19-7-8-20-18(26)6-12-22;1-15(21)5-9-19(10-6-16(2)22)13-14-20(11-7-17(23)25-3)12-8-18(24)26-4;2*3-1-2-4/h1-17,22-25H2,(H,26,32)(H,27,33)(H,28,34)(H,29,35);4-15,20H2,1-3H3,(H,21,26);3-14H2,1-2H3,(H,19,25)(H,20,26);5-14H2,1-4H3;2*1-4H2. The molecular weight excluding hydrogens is 1600 g/mol. The summed E-state index contributed by atoms with van der Waals surface area (Å²) in [6.07, 6.45) is 5.18. The van der Waals surface area contributed by atoms with E-state index in [-0.39, 0.29) is 139 Å². The molecule has 0 unspecified atom stereocenters. The molecule has 0 aromatic heterocycles. The van der Waals surface area contributed by atoms with Crippen LogP contribution in [0.15, 0.2) is 0 Å². The van der Waals surface area contributed by atoms with E-state index in [0.717, 1.165) is 0 Å². The number of hydrogen-bond donors (Lipinski definition) is 16. The van der Waals surface area contributed by atoms with Gasteiger partial charge in [-0.25, -0.2) is 0 Å². The Hall–Kier alpha value is -7.96. The number of methoxy groups -OCH3 is 3. The predicted molar refractivity (Wildman–Crippen MR) is 473 cm³/mol. The highest BCUT2D eigenvalue weighted by Gasteiger charge is 2.21. The molecular formula is C80H162N24O19. The smallest absolute Gasteiger partial charge is 0.306 e. The molecule has 1 fully saturated rings. The van der Waals surface area contributed by atoms with Crippen molar-refractivity contribution in [1.82, 2.24) is 76.4 Å². The van der Waals surface area contributed by atoms with Gasteiger partial charge in [0.05, 0.1) is 47.1 Å². The maximum absolute atomic E-state index is 12.2. The van der Waals surface area contributed by atoms with Crippen molar-refractivity contribution in [3.05, 3.63) is 0 Å². The van der Waals surface area contributed by atoms with Crippen molar-refractivity contribution in [2.45, 2.75) is 138 Å². The maximum atomic E-state index is 12.2. The van der Waals surface area contributed by atoms with Crippen LogP contribution in [-0.4, -0.2) is 416 Å². The summed E-state index contributed by atoms with van der Waals surface area (Å²) < 4.78 is 14.0. The molecule has 0 spiro atoms. The van der Waals surface area contributed by atoms with Crippen LogP contribution in [0.5, 0.6) is 0 Å². The molecule has 0 aromatic rings. The minimum atomic E-state index is -0.307. The summed E-state index contributed by atoms with van der Waals surface area (Å²) in [5.41, 5.74) is 46.7. The monoisotopic (exact) mass is 1760 g/mol. The third-order valence-electron chi connectivity index (χ3n) is 17.9. The Morgan fingerprint density at radius 2 is 0.488 bits per heavy atom. The number of ketones is 6. The first-order valence-corrected chi connectivity index (χ1v) is 42.7. The van der Waals surface area contributed by atoms with Gasteiger partial charge in [-0.2, -0.15) is 0 Å². The Kier molecular flexibility index (Phi) is 87.9. The number of nitrogens with one attached hydrogen (secondary N) is 7. The van der Waals surface area contributed by atoms with Crippen molar-refractivity contribution in [1.29, 1.82) is 0 Å². The van der Waals surface area contributed by atoms with E-state index in [9.17, 15) is 76.7 Å². The molecule has 1 heterocycles. The van der Waals surface area contributed by atoms with Gasteiger partial charge in [0.25, 0.3) is 0 Å². The third kappa shape index (κ3) is 90.1. The second-order valence-electron chi connectivity index (χ2n) is 28.9. The molecule has 1 aliphatic heterocycles. The van der Waals surface area contributed by atoms with E-state index in [1.165, 1.54) is 21.3 Å². The lowest BCUT2D eigenvalue weighted by molar-refractivity contribution is -0.142. The lowest BCUT2D eigenvalue weighted by Gasteiger charge is -2.27. The third-order valence-corrected chi connectivity index (χ3v) is 17.9. The largest absolute Gasteiger partial charge is 0.469 e. The van der Waals surface area contributed by atoms with E-state index in [4.69, 9.17) is 56.3 Å². The van der Waals surface area contributed by atoms with Crippen molar-refractivity contribution in [3.8, 4) is 0 Å². The Labute approximate surface area is 731 Å². The Morgan fingerprint density at radius 3 is 0.707 bits per heavy atom. The van der Waals surface area contributed by atoms with E-state index in [1.807, 2.05) is 19.6 Å². The van der Waals surface area contributed by atoms with E-state index < -0.39 is 0 Å². The van der Waals surface area contributed by atoms with Crippen LogP contribution in [0.4, 0.5) is 0 Å². The Balaban J connectivity index is -0.000000490. The van der Waals surface area contributed by atoms with Gasteiger partial charge in [0.1, 0.15) is 34.7 Å². The SMILES string of the molecule is CC(=O)CCN(CCC(C)=O)CCN1CCC(=O)NCCNC(=O)CC1.COC(=O)CCN(CCC(=O)NCCN)CCN(CCC(C)=O)CCC(C)=O.COC(=O)CCN(CCC(=O)OC)CCN(CCC(C)=O)CCC(C)=O.NCCN.NCCN.NCCNC(=O)CCN(CCC(=O)NCCN)CCN(CCC(=O)NCCN)CC(=O)NCCN. The average Bonchev–Trinajstić information content (AvgIpc) is 1.09. The highest BCUT2D eigenvalue weighted by Crippen LogP contribution is 2.07. The maximum Gasteiger partial charge on any atom is 0.306 e. The van der Waals surface area contributed by atoms with E-state index in [1.54, 1.807) is 41.5 Å². The molecule has 43 nitrogen and oxygen atoms in total. The molecule has 0 bridgehead atoms. The summed E-state index contributed by atoms with van der Waals surface area (Å²) in [6.45, 7) is 29.3. The second-order valence-corrected chi connectivity index (χ2v) is 28.9. The fourth-order valence-corrected chi connectivity index (χ4v) is 10.5. The molecule has 43 heteroatoms. The number of rotatable bonds is 65. The van der Waals surface area contributed by atoms with Crippen molar-refractivity contribution in [2.75, 3.05) is 283 Å². The highest BCUT2D eigenvalue weighted by atomic mass is 16.5. The number of ether oxygens (including phenoxy) is 3. The van der Waals surface area contributed by atoms with Gasteiger partial charge in [-0.05, 0) is 41.5 Å². The second kappa shape index (κ2) is 87.5. The number of carbonyl (C=O) groups is 16. The van der Waals surface area contributed by atoms with Gasteiger partial charge in [-0.1, -0.05) is 0 Å². The summed E-state index contributed by atoms with van der Waals surface area (Å²) in [5, 5.41) is 19.2. The molecule has 7 amide bonds. The van der Waals surface area contributed by atoms with E-state index in [2.05, 4.69) is 66.3 Å². The van der Waals surface area contributed by atoms with Crippen LogP contribution in [0, 0.1) is 0 Å². The van der Waals surface area contributed by atoms with Crippen LogP contribution < -0.4 is 88.8 Å². The lowest BCUT2D eigenvalue weighted by atomic mass is 10.2. The topological polar surface area (TPSA) is 645 Å². The minimum absolute atomic E-state index is 0.0174. The van der Waals surface area contributed by atoms with Crippen molar-refractivity contribution >= 4 is 94.0 Å². The zero-order valence-electron chi connectivity index (χ0n) is 75.9. The molecule has 123 heavy (non-hydrogen) atoms. The molecule has 0 radical (unpaired) electrons. The molecule has 1 saturated heterocycles. The van der Waals surface area contributed by atoms with Crippen molar-refractivity contribution in [2.24, 2.45) is 51.6 Å². The first kappa shape index (κ1) is 124. The molecule has 1 rings (SSSR count). The highest BCUT2D eigenvalue weighted by molar-refractivity contribution is 5.81. The summed E-state index contributed by atoms with van der Waals surface area (Å²) in [5.74, 6) is -0.951. The van der Waals surface area contributed by atoms with E-state index >= 15 is 0 Å². The van der Waals surface area contributed by atoms with Gasteiger partial charge in [0.2, 0.25) is 41.4 Å². The summed E-state index contributed by atoms with van der Waals surface area (Å²) in [4.78, 5) is 202. The molecule has 0 aliphatic carbocycles. The molecule has 716 valence electrons. The van der Waals surface area contributed by atoms with Crippen LogP contribution in [0.1, 0.15) is 138 Å². The molecule has 0 atom stereocenters. The van der Waals surface area contributed by atoms with Crippen molar-refractivity contribution < 1.29 is 90.9 Å². The number of amides is 7. The summed E-state index contributed by atoms with van der Waals surface area (Å²) in [6, 6.07) is 0. The first-order chi connectivity index (χ1) is 58.6. The fraction of sp³-hybridized carbons (Fsp3) is 0.800. The van der Waals surface area contributed by atoms with Crippen LogP contribution >= 0.6 is 0 Å². The quantitative estimate of drug-likeness (QED) is 0.0199. The van der Waals surface area contributed by atoms with Gasteiger partial charge in [0, 0.05) is 332 Å². The van der Waals surface area contributed by atoms with Crippen LogP contribution in [0.25, 0.3) is 0 Å². The molecule has 0 saturated carbocycles. The fourth-order valence-electron chi connectivity index (χ4n) is 10.5. The molecule has 0 aromatic carbocycles. The van der Waals surface area contributed by atoms with Gasteiger partial charge >= 0.3 is 17.9 Å². The molecule has 1 aliphatic rings.